The molecule has 2 amide bonds. The van der Waals surface area contributed by atoms with Gasteiger partial charge in [0.15, 0.2) is 11.5 Å². The Morgan fingerprint density at radius 1 is 1.06 bits per heavy atom. The van der Waals surface area contributed by atoms with Crippen molar-refractivity contribution < 1.29 is 23.8 Å². The van der Waals surface area contributed by atoms with Gasteiger partial charge in [0.2, 0.25) is 5.75 Å². The minimum absolute atomic E-state index is 0.119. The minimum Gasteiger partial charge on any atom is -0.493 e. The molecule has 178 valence electrons. The summed E-state index contributed by atoms with van der Waals surface area (Å²) in [6.45, 7) is 1.16. The Labute approximate surface area is 201 Å². The molecule has 1 fully saturated rings. The molecule has 3 aromatic rings. The SMILES string of the molecule is COc1ccc(C(=O)N2CCC(c3nc(C(=O)Nc4cccnc4)cs3)CC2)c(OC)c1OC. The number of nitrogens with one attached hydrogen (secondary N) is 1. The van der Waals surface area contributed by atoms with Crippen molar-refractivity contribution in [3.8, 4) is 17.2 Å². The molecule has 0 saturated carbocycles. The van der Waals surface area contributed by atoms with Gasteiger partial charge < -0.3 is 24.4 Å². The lowest BCUT2D eigenvalue weighted by molar-refractivity contribution is 0.0708. The molecular weight excluding hydrogens is 456 g/mol. The number of piperidine rings is 1. The van der Waals surface area contributed by atoms with Gasteiger partial charge >= 0.3 is 0 Å². The van der Waals surface area contributed by atoms with Crippen LogP contribution >= 0.6 is 11.3 Å². The average molecular weight is 483 g/mol. The molecule has 1 aliphatic rings. The first kappa shape index (κ1) is 23.5. The lowest BCUT2D eigenvalue weighted by Gasteiger charge is -2.31. The molecule has 2 aromatic heterocycles. The summed E-state index contributed by atoms with van der Waals surface area (Å²) in [6.07, 6.45) is 4.76. The zero-order valence-electron chi connectivity index (χ0n) is 19.2. The highest BCUT2D eigenvalue weighted by Crippen LogP contribution is 2.40. The van der Waals surface area contributed by atoms with Crippen LogP contribution in [-0.4, -0.2) is 61.1 Å². The molecule has 1 saturated heterocycles. The van der Waals surface area contributed by atoms with E-state index >= 15 is 0 Å². The number of hydrogen-bond donors (Lipinski definition) is 1. The molecule has 10 heteroatoms. The van der Waals surface area contributed by atoms with E-state index in [2.05, 4.69) is 15.3 Å². The number of rotatable bonds is 7. The van der Waals surface area contributed by atoms with E-state index in [-0.39, 0.29) is 17.7 Å². The van der Waals surface area contributed by atoms with E-state index in [1.54, 1.807) is 42.0 Å². The molecule has 1 aliphatic heterocycles. The van der Waals surface area contributed by atoms with Gasteiger partial charge in [0, 0.05) is 30.6 Å². The molecule has 0 radical (unpaired) electrons. The smallest absolute Gasteiger partial charge is 0.275 e. The van der Waals surface area contributed by atoms with Gasteiger partial charge in [-0.2, -0.15) is 0 Å². The number of hydrogen-bond acceptors (Lipinski definition) is 8. The van der Waals surface area contributed by atoms with Gasteiger partial charge in [-0.05, 0) is 37.1 Å². The Hall–Kier alpha value is -3.66. The first-order valence-electron chi connectivity index (χ1n) is 10.8. The first-order chi connectivity index (χ1) is 16.5. The topological polar surface area (TPSA) is 103 Å². The maximum absolute atomic E-state index is 13.2. The number of ether oxygens (including phenoxy) is 3. The molecule has 34 heavy (non-hydrogen) atoms. The van der Waals surface area contributed by atoms with Crippen molar-refractivity contribution in [2.75, 3.05) is 39.7 Å². The fourth-order valence-electron chi connectivity index (χ4n) is 3.98. The second-order valence-electron chi connectivity index (χ2n) is 7.72. The molecule has 0 spiro atoms. The average Bonchev–Trinajstić information content (AvgIpc) is 3.38. The number of pyridine rings is 1. The van der Waals surface area contributed by atoms with Crippen LogP contribution in [-0.2, 0) is 0 Å². The number of nitrogens with zero attached hydrogens (tertiary/aromatic N) is 3. The first-order valence-corrected chi connectivity index (χ1v) is 11.7. The van der Waals surface area contributed by atoms with E-state index in [1.165, 1.54) is 32.7 Å². The van der Waals surface area contributed by atoms with Crippen LogP contribution in [0.5, 0.6) is 17.2 Å². The Morgan fingerprint density at radius 3 is 2.47 bits per heavy atom. The third-order valence-corrected chi connectivity index (χ3v) is 6.75. The quantitative estimate of drug-likeness (QED) is 0.546. The van der Waals surface area contributed by atoms with Gasteiger partial charge in [-0.1, -0.05) is 0 Å². The number of thiazole rings is 1. The minimum atomic E-state index is -0.260. The summed E-state index contributed by atoms with van der Waals surface area (Å²) < 4.78 is 16.2. The van der Waals surface area contributed by atoms with Crippen molar-refractivity contribution in [1.29, 1.82) is 0 Å². The Balaban J connectivity index is 1.40. The summed E-state index contributed by atoms with van der Waals surface area (Å²) in [6, 6.07) is 6.94. The zero-order chi connectivity index (χ0) is 24.1. The van der Waals surface area contributed by atoms with Crippen LogP contribution in [0.15, 0.2) is 42.0 Å². The van der Waals surface area contributed by atoms with Crippen LogP contribution in [0.4, 0.5) is 5.69 Å². The van der Waals surface area contributed by atoms with Gasteiger partial charge in [-0.3, -0.25) is 14.6 Å². The fourth-order valence-corrected chi connectivity index (χ4v) is 4.95. The summed E-state index contributed by atoms with van der Waals surface area (Å²) in [7, 11) is 4.56. The van der Waals surface area contributed by atoms with E-state index in [0.29, 0.717) is 47.3 Å². The van der Waals surface area contributed by atoms with E-state index in [1.807, 2.05) is 4.90 Å². The van der Waals surface area contributed by atoms with E-state index in [4.69, 9.17) is 14.2 Å². The Kier molecular flexibility index (Phi) is 7.27. The summed E-state index contributed by atoms with van der Waals surface area (Å²) in [5.74, 6) is 1.07. The van der Waals surface area contributed by atoms with E-state index < -0.39 is 0 Å². The molecule has 4 rings (SSSR count). The number of anilines is 1. The van der Waals surface area contributed by atoms with Crippen molar-refractivity contribution in [2.24, 2.45) is 0 Å². The number of carbonyl (C=O) groups is 2. The maximum Gasteiger partial charge on any atom is 0.275 e. The molecule has 0 aliphatic carbocycles. The van der Waals surface area contributed by atoms with Gasteiger partial charge in [0.25, 0.3) is 11.8 Å². The molecule has 0 bridgehead atoms. The van der Waals surface area contributed by atoms with Crippen LogP contribution in [0, 0.1) is 0 Å². The monoisotopic (exact) mass is 482 g/mol. The van der Waals surface area contributed by atoms with Crippen LogP contribution in [0.1, 0.15) is 44.6 Å². The van der Waals surface area contributed by atoms with E-state index in [0.717, 1.165) is 17.8 Å². The van der Waals surface area contributed by atoms with Crippen molar-refractivity contribution >= 4 is 28.8 Å². The van der Waals surface area contributed by atoms with Gasteiger partial charge in [-0.15, -0.1) is 11.3 Å². The highest BCUT2D eigenvalue weighted by Gasteiger charge is 2.29. The van der Waals surface area contributed by atoms with Crippen LogP contribution in [0.3, 0.4) is 0 Å². The summed E-state index contributed by atoms with van der Waals surface area (Å²) in [5, 5.41) is 5.48. The zero-order valence-corrected chi connectivity index (χ0v) is 20.1. The van der Waals surface area contributed by atoms with Gasteiger partial charge in [0.05, 0.1) is 43.8 Å². The number of aromatic nitrogens is 2. The maximum atomic E-state index is 13.2. The lowest BCUT2D eigenvalue weighted by Crippen LogP contribution is -2.38. The van der Waals surface area contributed by atoms with Crippen LogP contribution in [0.2, 0.25) is 0 Å². The number of benzene rings is 1. The number of methoxy groups -OCH3 is 3. The normalized spacial score (nSPS) is 13.9. The second kappa shape index (κ2) is 10.5. The Morgan fingerprint density at radius 2 is 1.82 bits per heavy atom. The van der Waals surface area contributed by atoms with Crippen molar-refractivity contribution in [2.45, 2.75) is 18.8 Å². The summed E-state index contributed by atoms with van der Waals surface area (Å²) >= 11 is 1.47. The van der Waals surface area contributed by atoms with Crippen molar-refractivity contribution in [3.05, 3.63) is 58.3 Å². The molecule has 9 nitrogen and oxygen atoms in total. The largest absolute Gasteiger partial charge is 0.493 e. The third-order valence-electron chi connectivity index (χ3n) is 5.74. The molecule has 0 atom stereocenters. The van der Waals surface area contributed by atoms with Gasteiger partial charge in [-0.25, -0.2) is 4.98 Å². The molecule has 3 heterocycles. The third kappa shape index (κ3) is 4.81. The highest BCUT2D eigenvalue weighted by molar-refractivity contribution is 7.10. The standard InChI is InChI=1S/C24H26N4O5S/c1-31-19-7-6-17(20(32-2)21(19)33-3)24(30)28-11-8-15(9-12-28)23-27-18(14-34-23)22(29)26-16-5-4-10-25-13-16/h4-7,10,13-15H,8-9,11-12H2,1-3H3,(H,26,29). The van der Waals surface area contributed by atoms with Crippen molar-refractivity contribution in [1.82, 2.24) is 14.9 Å². The number of likely N-dealkylation sites (tertiary alicyclic amines) is 1. The molecular formula is C24H26N4O5S. The molecule has 0 unspecified atom stereocenters. The number of carbonyl (C=O) groups excluding carboxylic acids is 2. The van der Waals surface area contributed by atoms with Crippen molar-refractivity contribution in [3.63, 3.8) is 0 Å². The van der Waals surface area contributed by atoms with Crippen LogP contribution in [0.25, 0.3) is 0 Å². The van der Waals surface area contributed by atoms with Gasteiger partial charge in [0.1, 0.15) is 5.69 Å². The summed E-state index contributed by atoms with van der Waals surface area (Å²) in [5.41, 5.74) is 1.44. The predicted octanol–water partition coefficient (Wildman–Crippen LogP) is 3.84. The predicted molar refractivity (Wildman–Crippen MR) is 128 cm³/mol. The highest BCUT2D eigenvalue weighted by atomic mass is 32.1. The number of amides is 2. The fraction of sp³-hybridized carbons (Fsp3) is 0.333. The second-order valence-corrected chi connectivity index (χ2v) is 8.60. The molecule has 1 N–H and O–H groups in total. The molecule has 1 aromatic carbocycles. The van der Waals surface area contributed by atoms with E-state index in [9.17, 15) is 9.59 Å². The summed E-state index contributed by atoms with van der Waals surface area (Å²) in [4.78, 5) is 36.1. The Bertz CT molecular complexity index is 1160. The van der Waals surface area contributed by atoms with Crippen LogP contribution < -0.4 is 19.5 Å². The lowest BCUT2D eigenvalue weighted by atomic mass is 9.97.